The molecule has 5 rings (SSSR count). The fourth-order valence-electron chi connectivity index (χ4n) is 4.47. The molecule has 3 aromatic rings. The first-order valence-electron chi connectivity index (χ1n) is 11.5. The zero-order valence-electron chi connectivity index (χ0n) is 19.5. The van der Waals surface area contributed by atoms with Crippen molar-refractivity contribution >= 4 is 40.4 Å². The smallest absolute Gasteiger partial charge is 0.296 e. The highest BCUT2D eigenvalue weighted by Crippen LogP contribution is 2.33. The molecule has 0 spiro atoms. The number of amides is 1. The predicted octanol–water partition coefficient (Wildman–Crippen LogP) is 2.27. The minimum atomic E-state index is -2.89. The maximum Gasteiger partial charge on any atom is 0.296 e. The number of aromatic nitrogens is 5. The van der Waals surface area contributed by atoms with Crippen molar-refractivity contribution in [2.24, 2.45) is 0 Å². The van der Waals surface area contributed by atoms with Crippen LogP contribution in [0.25, 0.3) is 17.0 Å². The highest BCUT2D eigenvalue weighted by atomic mass is 35.5. The summed E-state index contributed by atoms with van der Waals surface area (Å²) in [6.07, 6.45) is -1.81. The van der Waals surface area contributed by atoms with E-state index in [9.17, 15) is 13.6 Å². The van der Waals surface area contributed by atoms with Gasteiger partial charge in [-0.15, -0.1) is 11.6 Å². The molecule has 2 aliphatic rings. The summed E-state index contributed by atoms with van der Waals surface area (Å²) in [6, 6.07) is 5.01. The summed E-state index contributed by atoms with van der Waals surface area (Å²) >= 11 is 5.69. The molecule has 2 fully saturated rings. The summed E-state index contributed by atoms with van der Waals surface area (Å²) in [5.74, 6) is -0.0358. The lowest BCUT2D eigenvalue weighted by molar-refractivity contribution is -0.119. The highest BCUT2D eigenvalue weighted by Gasteiger charge is 2.31. The van der Waals surface area contributed by atoms with Crippen molar-refractivity contribution in [2.75, 3.05) is 55.6 Å². The number of ether oxygens (including phenoxy) is 2. The van der Waals surface area contributed by atoms with E-state index in [0.29, 0.717) is 56.5 Å². The number of morpholine rings is 1. The molecule has 1 N–H and O–H groups in total. The third kappa shape index (κ3) is 4.60. The highest BCUT2D eigenvalue weighted by molar-refractivity contribution is 6.27. The van der Waals surface area contributed by atoms with Crippen LogP contribution in [-0.4, -0.2) is 82.4 Å². The summed E-state index contributed by atoms with van der Waals surface area (Å²) in [4.78, 5) is 33.7. The molecule has 0 radical (unpaired) electrons. The number of imidazole rings is 1. The monoisotopic (exact) mass is 522 g/mol. The van der Waals surface area contributed by atoms with E-state index in [2.05, 4.69) is 25.3 Å². The number of fused-ring (bicyclic) bond motifs is 1. The summed E-state index contributed by atoms with van der Waals surface area (Å²) in [7, 11) is 1.45. The van der Waals surface area contributed by atoms with Crippen LogP contribution in [0.3, 0.4) is 0 Å². The SMILES string of the molecule is COc1cccc2c1nc(C(F)F)n2-c1nc(N2CCOCC2)nc(N2CCCC2NC(=O)CCl)n1. The van der Waals surface area contributed by atoms with Gasteiger partial charge in [-0.25, -0.2) is 13.8 Å². The molecule has 1 unspecified atom stereocenters. The van der Waals surface area contributed by atoms with Gasteiger partial charge < -0.3 is 24.6 Å². The van der Waals surface area contributed by atoms with Crippen LogP contribution in [0, 0.1) is 0 Å². The first-order valence-corrected chi connectivity index (χ1v) is 12.1. The third-order valence-corrected chi connectivity index (χ3v) is 6.38. The molecule has 4 heterocycles. The Morgan fingerprint density at radius 1 is 1.17 bits per heavy atom. The topological polar surface area (TPSA) is 111 Å². The Labute approximate surface area is 210 Å². The van der Waals surface area contributed by atoms with Crippen molar-refractivity contribution in [3.63, 3.8) is 0 Å². The standard InChI is InChI=1S/C22H25ClF2N8O3/c1-35-14-5-2-4-13-17(14)27-19(18(24)25)33(13)22-29-20(31-8-10-36-11-9-31)28-21(30-22)32-7-3-6-15(32)26-16(34)12-23/h2,4-5,15,18H,3,6-12H2,1H3,(H,26,34). The number of halogens is 3. The van der Waals surface area contributed by atoms with E-state index in [4.69, 9.17) is 21.1 Å². The van der Waals surface area contributed by atoms with Crippen molar-refractivity contribution in [2.45, 2.75) is 25.4 Å². The summed E-state index contributed by atoms with van der Waals surface area (Å²) in [5.41, 5.74) is 0.654. The van der Waals surface area contributed by atoms with Crippen LogP contribution in [0.15, 0.2) is 18.2 Å². The van der Waals surface area contributed by atoms with Gasteiger partial charge in [-0.1, -0.05) is 6.07 Å². The number of anilines is 2. The number of carbonyl (C=O) groups excluding carboxylic acids is 1. The summed E-state index contributed by atoms with van der Waals surface area (Å²) in [6.45, 7) is 2.62. The van der Waals surface area contributed by atoms with E-state index in [1.54, 1.807) is 18.2 Å². The van der Waals surface area contributed by atoms with Crippen molar-refractivity contribution in [3.05, 3.63) is 24.0 Å². The lowest BCUT2D eigenvalue weighted by Crippen LogP contribution is -2.46. The Balaban J connectivity index is 1.67. The summed E-state index contributed by atoms with van der Waals surface area (Å²) in [5, 5.41) is 2.87. The quantitative estimate of drug-likeness (QED) is 0.467. The van der Waals surface area contributed by atoms with Gasteiger partial charge in [0.15, 0.2) is 5.82 Å². The maximum atomic E-state index is 14.2. The zero-order valence-corrected chi connectivity index (χ0v) is 20.3. The van der Waals surface area contributed by atoms with E-state index in [1.807, 2.05) is 9.80 Å². The molecule has 14 heteroatoms. The molecule has 2 aromatic heterocycles. The van der Waals surface area contributed by atoms with E-state index in [1.165, 1.54) is 11.7 Å². The summed E-state index contributed by atoms with van der Waals surface area (Å²) < 4.78 is 40.4. The number of nitrogens with one attached hydrogen (secondary N) is 1. The normalized spacial score (nSPS) is 18.3. The fraction of sp³-hybridized carbons (Fsp3) is 0.500. The van der Waals surface area contributed by atoms with Crippen molar-refractivity contribution in [3.8, 4) is 11.7 Å². The maximum absolute atomic E-state index is 14.2. The van der Waals surface area contributed by atoms with E-state index < -0.39 is 12.2 Å². The molecular formula is C22H25ClF2N8O3. The van der Waals surface area contributed by atoms with Crippen LogP contribution in [-0.2, 0) is 9.53 Å². The third-order valence-electron chi connectivity index (χ3n) is 6.14. The molecule has 36 heavy (non-hydrogen) atoms. The second kappa shape index (κ2) is 10.3. The molecule has 2 aliphatic heterocycles. The predicted molar refractivity (Wildman–Crippen MR) is 128 cm³/mol. The lowest BCUT2D eigenvalue weighted by atomic mass is 10.3. The van der Waals surface area contributed by atoms with Crippen molar-refractivity contribution in [1.82, 2.24) is 29.8 Å². The number of methoxy groups -OCH3 is 1. The molecular weight excluding hydrogens is 498 g/mol. The van der Waals surface area contributed by atoms with Gasteiger partial charge in [-0.2, -0.15) is 15.0 Å². The van der Waals surface area contributed by atoms with Crippen molar-refractivity contribution < 1.29 is 23.0 Å². The Morgan fingerprint density at radius 2 is 1.92 bits per heavy atom. The van der Waals surface area contributed by atoms with E-state index in [-0.39, 0.29) is 35.4 Å². The molecule has 2 saturated heterocycles. The first kappa shape index (κ1) is 24.4. The first-order chi connectivity index (χ1) is 17.5. The van der Waals surface area contributed by atoms with Crippen LogP contribution in [0.2, 0.25) is 0 Å². The number of hydrogen-bond acceptors (Lipinski definition) is 9. The van der Waals surface area contributed by atoms with Crippen LogP contribution in [0.1, 0.15) is 25.1 Å². The van der Waals surface area contributed by atoms with Crippen LogP contribution in [0.5, 0.6) is 5.75 Å². The number of benzene rings is 1. The Hall–Kier alpha value is -3.32. The van der Waals surface area contributed by atoms with Gasteiger partial charge in [0.1, 0.15) is 23.3 Å². The van der Waals surface area contributed by atoms with Gasteiger partial charge in [0.05, 0.1) is 25.8 Å². The molecule has 1 aromatic carbocycles. The van der Waals surface area contributed by atoms with Gasteiger partial charge in [0.2, 0.25) is 23.8 Å². The molecule has 0 bridgehead atoms. The average molecular weight is 523 g/mol. The Morgan fingerprint density at radius 3 is 2.64 bits per heavy atom. The molecule has 1 amide bonds. The van der Waals surface area contributed by atoms with Gasteiger partial charge in [-0.05, 0) is 25.0 Å². The number of nitrogens with zero attached hydrogens (tertiary/aromatic N) is 7. The van der Waals surface area contributed by atoms with E-state index in [0.717, 1.165) is 6.42 Å². The lowest BCUT2D eigenvalue weighted by Gasteiger charge is -2.29. The van der Waals surface area contributed by atoms with Crippen LogP contribution < -0.4 is 19.9 Å². The Bertz CT molecular complexity index is 1250. The van der Waals surface area contributed by atoms with Gasteiger partial charge >= 0.3 is 0 Å². The second-order valence-corrected chi connectivity index (χ2v) is 8.59. The zero-order chi connectivity index (χ0) is 25.2. The fourth-order valence-corrected chi connectivity index (χ4v) is 4.55. The van der Waals surface area contributed by atoms with Gasteiger partial charge in [-0.3, -0.25) is 9.36 Å². The number of alkyl halides is 3. The molecule has 0 aliphatic carbocycles. The minimum absolute atomic E-state index is 0.00173. The second-order valence-electron chi connectivity index (χ2n) is 8.32. The van der Waals surface area contributed by atoms with Gasteiger partial charge in [0.25, 0.3) is 6.43 Å². The molecule has 11 nitrogen and oxygen atoms in total. The number of hydrogen-bond donors (Lipinski definition) is 1. The van der Waals surface area contributed by atoms with Crippen molar-refractivity contribution in [1.29, 1.82) is 0 Å². The number of para-hydroxylation sites is 1. The van der Waals surface area contributed by atoms with Crippen LogP contribution in [0.4, 0.5) is 20.7 Å². The average Bonchev–Trinajstić information content (AvgIpc) is 3.53. The molecule has 192 valence electrons. The number of rotatable bonds is 7. The van der Waals surface area contributed by atoms with Crippen LogP contribution >= 0.6 is 11.6 Å². The van der Waals surface area contributed by atoms with E-state index >= 15 is 0 Å². The Kier molecular flexibility index (Phi) is 7.01. The molecule has 1 atom stereocenters. The molecule has 0 saturated carbocycles. The minimum Gasteiger partial charge on any atom is -0.494 e. The van der Waals surface area contributed by atoms with Gasteiger partial charge in [0, 0.05) is 19.6 Å². The largest absolute Gasteiger partial charge is 0.494 e. The number of carbonyl (C=O) groups is 1.